The van der Waals surface area contributed by atoms with Gasteiger partial charge >= 0.3 is 0 Å². The zero-order chi connectivity index (χ0) is 22.7. The van der Waals surface area contributed by atoms with Crippen molar-refractivity contribution in [1.82, 2.24) is 9.97 Å². The Morgan fingerprint density at radius 2 is 1.58 bits per heavy atom. The van der Waals surface area contributed by atoms with Crippen LogP contribution in [0.4, 0.5) is 5.69 Å². The van der Waals surface area contributed by atoms with E-state index < -0.39 is 0 Å². The third-order valence-electron chi connectivity index (χ3n) is 6.75. The molecular formula is C29H27N3S. The number of fused-ring (bicyclic) bond motifs is 6. The summed E-state index contributed by atoms with van der Waals surface area (Å²) in [6.07, 6.45) is 2.90. The maximum atomic E-state index is 5.05. The van der Waals surface area contributed by atoms with E-state index in [9.17, 15) is 0 Å². The Balaban J connectivity index is 1.42. The Morgan fingerprint density at radius 3 is 2.30 bits per heavy atom. The van der Waals surface area contributed by atoms with E-state index in [0.29, 0.717) is 11.8 Å². The molecule has 0 aliphatic carbocycles. The molecule has 0 amide bonds. The van der Waals surface area contributed by atoms with Crippen molar-refractivity contribution in [1.29, 1.82) is 0 Å². The summed E-state index contributed by atoms with van der Waals surface area (Å²) in [5.74, 6) is 1.90. The minimum absolute atomic E-state index is 0.396. The van der Waals surface area contributed by atoms with Gasteiger partial charge in [0.15, 0.2) is 0 Å². The second kappa shape index (κ2) is 7.67. The molecule has 1 N–H and O–H groups in total. The molecule has 33 heavy (non-hydrogen) atoms. The van der Waals surface area contributed by atoms with Crippen LogP contribution in [0.25, 0.3) is 43.2 Å². The number of aromatic nitrogens is 2. The summed E-state index contributed by atoms with van der Waals surface area (Å²) in [5.41, 5.74) is 8.59. The smallest absolute Gasteiger partial charge is 0.109 e. The topological polar surface area (TPSA) is 41.0 Å². The maximum Gasteiger partial charge on any atom is 0.109 e. The molecule has 0 saturated carbocycles. The predicted octanol–water partition coefficient (Wildman–Crippen LogP) is 8.52. The number of nitrogens with zero attached hydrogens (tertiary/aromatic N) is 2. The van der Waals surface area contributed by atoms with Crippen molar-refractivity contribution in [3.05, 3.63) is 71.5 Å². The molecule has 1 aliphatic heterocycles. The van der Waals surface area contributed by atoms with Gasteiger partial charge in [-0.3, -0.25) is 4.99 Å². The van der Waals surface area contributed by atoms with Gasteiger partial charge < -0.3 is 4.98 Å². The molecule has 3 aromatic carbocycles. The second-order valence-corrected chi connectivity index (χ2v) is 10.5. The standard InChI is InChI=1S/C29H27N3S/c1-16(2)25-14-23-21-10-9-20(13-24(21)28-22(11-12-33-28)27(23)31-25)18-5-7-19(8-6-18)26-15-30-29(32-26)17(3)4/h5-13,15-17H,14H2,1-4H3,(H,30,32). The van der Waals surface area contributed by atoms with Gasteiger partial charge in [0.2, 0.25) is 0 Å². The molecule has 0 fully saturated rings. The third kappa shape index (κ3) is 3.32. The molecular weight excluding hydrogens is 422 g/mol. The second-order valence-electron chi connectivity index (χ2n) is 9.60. The molecule has 6 rings (SSSR count). The summed E-state index contributed by atoms with van der Waals surface area (Å²) < 4.78 is 1.34. The van der Waals surface area contributed by atoms with E-state index in [1.165, 1.54) is 48.9 Å². The van der Waals surface area contributed by atoms with Gasteiger partial charge in [-0.05, 0) is 51.1 Å². The predicted molar refractivity (Wildman–Crippen MR) is 142 cm³/mol. The van der Waals surface area contributed by atoms with Crippen LogP contribution in [0.5, 0.6) is 0 Å². The molecule has 0 bridgehead atoms. The first-order valence-electron chi connectivity index (χ1n) is 11.7. The normalized spacial score (nSPS) is 13.5. The van der Waals surface area contributed by atoms with Crippen LogP contribution in [0, 0.1) is 5.92 Å². The molecule has 164 valence electrons. The SMILES string of the molecule is CC(C)C1=Nc2c(c3ccc(-c4ccc(-c5cnc(C(C)C)[nH]5)cc4)cc3c3sccc23)C1. The van der Waals surface area contributed by atoms with Crippen molar-refractivity contribution < 1.29 is 0 Å². The van der Waals surface area contributed by atoms with Gasteiger partial charge in [0.1, 0.15) is 5.82 Å². The van der Waals surface area contributed by atoms with E-state index in [2.05, 4.69) is 91.6 Å². The first-order valence-corrected chi connectivity index (χ1v) is 12.6. The van der Waals surface area contributed by atoms with Gasteiger partial charge in [0.05, 0.1) is 17.6 Å². The highest BCUT2D eigenvalue weighted by atomic mass is 32.1. The van der Waals surface area contributed by atoms with Gasteiger partial charge in [0, 0.05) is 33.5 Å². The summed E-state index contributed by atoms with van der Waals surface area (Å²) in [7, 11) is 0. The molecule has 0 unspecified atom stereocenters. The van der Waals surface area contributed by atoms with Crippen LogP contribution in [0.15, 0.2) is 65.1 Å². The molecule has 1 aliphatic rings. The largest absolute Gasteiger partial charge is 0.342 e. The summed E-state index contributed by atoms with van der Waals surface area (Å²) in [6, 6.07) is 18.0. The lowest BCUT2D eigenvalue weighted by Gasteiger charge is -2.10. The van der Waals surface area contributed by atoms with E-state index in [1.807, 2.05) is 17.5 Å². The number of aliphatic imine (C=N–C) groups is 1. The fourth-order valence-electron chi connectivity index (χ4n) is 4.79. The lowest BCUT2D eigenvalue weighted by Crippen LogP contribution is -2.06. The number of hydrogen-bond donors (Lipinski definition) is 1. The van der Waals surface area contributed by atoms with Crippen LogP contribution in [-0.4, -0.2) is 15.7 Å². The minimum atomic E-state index is 0.396. The molecule has 0 saturated heterocycles. The van der Waals surface area contributed by atoms with Crippen LogP contribution in [0.1, 0.15) is 45.0 Å². The Bertz CT molecular complexity index is 1530. The number of hydrogen-bond acceptors (Lipinski definition) is 3. The van der Waals surface area contributed by atoms with E-state index in [1.54, 1.807) is 0 Å². The van der Waals surface area contributed by atoms with Gasteiger partial charge in [-0.15, -0.1) is 11.3 Å². The Morgan fingerprint density at radius 1 is 0.818 bits per heavy atom. The highest BCUT2D eigenvalue weighted by Crippen LogP contribution is 2.45. The number of aromatic amines is 1. The van der Waals surface area contributed by atoms with Gasteiger partial charge in [-0.25, -0.2) is 4.98 Å². The number of nitrogens with one attached hydrogen (secondary N) is 1. The van der Waals surface area contributed by atoms with Crippen molar-refractivity contribution in [2.45, 2.75) is 40.0 Å². The zero-order valence-corrected chi connectivity index (χ0v) is 20.3. The van der Waals surface area contributed by atoms with Crippen LogP contribution in [-0.2, 0) is 6.42 Å². The van der Waals surface area contributed by atoms with Gasteiger partial charge in [0.25, 0.3) is 0 Å². The molecule has 0 atom stereocenters. The quantitative estimate of drug-likeness (QED) is 0.293. The van der Waals surface area contributed by atoms with Gasteiger partial charge in [-0.2, -0.15) is 0 Å². The van der Waals surface area contributed by atoms with E-state index in [0.717, 1.165) is 23.5 Å². The fourth-order valence-corrected chi connectivity index (χ4v) is 5.72. The zero-order valence-electron chi connectivity index (χ0n) is 19.4. The van der Waals surface area contributed by atoms with Crippen LogP contribution in [0.2, 0.25) is 0 Å². The lowest BCUT2D eigenvalue weighted by molar-refractivity contribution is 0.795. The van der Waals surface area contributed by atoms with Crippen molar-refractivity contribution in [2.75, 3.05) is 0 Å². The molecule has 3 heterocycles. The minimum Gasteiger partial charge on any atom is -0.342 e. The van der Waals surface area contributed by atoms with E-state index in [4.69, 9.17) is 4.99 Å². The highest BCUT2D eigenvalue weighted by Gasteiger charge is 2.23. The van der Waals surface area contributed by atoms with Crippen molar-refractivity contribution in [3.63, 3.8) is 0 Å². The highest BCUT2D eigenvalue weighted by molar-refractivity contribution is 7.18. The summed E-state index contributed by atoms with van der Waals surface area (Å²) >= 11 is 1.82. The number of imidazole rings is 1. The Hall–Kier alpha value is -3.24. The molecule has 2 aromatic heterocycles. The molecule has 3 nitrogen and oxygen atoms in total. The summed E-state index contributed by atoms with van der Waals surface area (Å²) in [4.78, 5) is 13.0. The van der Waals surface area contributed by atoms with E-state index >= 15 is 0 Å². The van der Waals surface area contributed by atoms with Crippen molar-refractivity contribution in [2.24, 2.45) is 10.9 Å². The Kier molecular flexibility index (Phi) is 4.73. The van der Waals surface area contributed by atoms with Crippen LogP contribution < -0.4 is 0 Å². The lowest BCUT2D eigenvalue weighted by atomic mass is 9.93. The first kappa shape index (κ1) is 20.4. The molecule has 0 spiro atoms. The molecule has 0 radical (unpaired) electrons. The van der Waals surface area contributed by atoms with Crippen molar-refractivity contribution >= 4 is 43.6 Å². The average molecular weight is 450 g/mol. The van der Waals surface area contributed by atoms with Gasteiger partial charge in [-0.1, -0.05) is 64.1 Å². The Labute approximate surface area is 198 Å². The number of thiophene rings is 1. The average Bonchev–Trinajstić information content (AvgIpc) is 3.58. The number of rotatable bonds is 4. The molecule has 4 heteroatoms. The maximum absolute atomic E-state index is 5.05. The summed E-state index contributed by atoms with van der Waals surface area (Å²) in [6.45, 7) is 8.79. The molecule has 5 aromatic rings. The van der Waals surface area contributed by atoms with E-state index in [-0.39, 0.29) is 0 Å². The van der Waals surface area contributed by atoms with Crippen LogP contribution >= 0.6 is 11.3 Å². The van der Waals surface area contributed by atoms with Crippen molar-refractivity contribution in [3.8, 4) is 22.4 Å². The third-order valence-corrected chi connectivity index (χ3v) is 7.69. The fraction of sp³-hybridized carbons (Fsp3) is 0.241. The summed E-state index contributed by atoms with van der Waals surface area (Å²) in [5, 5.41) is 6.18. The number of benzene rings is 3. The van der Waals surface area contributed by atoms with Crippen LogP contribution in [0.3, 0.4) is 0 Å². The number of H-pyrrole nitrogens is 1. The first-order chi connectivity index (χ1) is 16.0. The monoisotopic (exact) mass is 449 g/mol.